The molecule has 1 saturated heterocycles. The van der Waals surface area contributed by atoms with Gasteiger partial charge in [0.25, 0.3) is 0 Å². The van der Waals surface area contributed by atoms with Crippen LogP contribution >= 0.6 is 11.3 Å². The molecule has 1 fully saturated rings. The normalized spacial score (nSPS) is 17.5. The van der Waals surface area contributed by atoms with Gasteiger partial charge >= 0.3 is 6.03 Å². The minimum Gasteiger partial charge on any atom is -0.379 e. The Hall–Kier alpha value is -1.18. The molecular weight excluding hydrogens is 300 g/mol. The van der Waals surface area contributed by atoms with Crippen LogP contribution in [-0.4, -0.2) is 54.8 Å². The Morgan fingerprint density at radius 2 is 2.14 bits per heavy atom. The van der Waals surface area contributed by atoms with Crippen LogP contribution in [0.15, 0.2) is 5.38 Å². The Bertz CT molecular complexity index is 472. The Kier molecular flexibility index (Phi) is 6.60. The number of hydrogen-bond donors (Lipinski definition) is 2. The predicted molar refractivity (Wildman–Crippen MR) is 88.1 cm³/mol. The lowest BCUT2D eigenvalue weighted by Gasteiger charge is -2.36. The molecule has 1 aliphatic rings. The predicted octanol–water partition coefficient (Wildman–Crippen LogP) is 1.61. The number of urea groups is 1. The number of hydrogen-bond acceptors (Lipinski definition) is 5. The van der Waals surface area contributed by atoms with Gasteiger partial charge in [0.15, 0.2) is 0 Å². The molecule has 2 heterocycles. The SMILES string of the molecule is Cc1nc(CNC(=O)NC[C@@H](C(C)C)N2CCOCC2)cs1. The lowest BCUT2D eigenvalue weighted by Crippen LogP contribution is -2.52. The number of ether oxygens (including phenoxy) is 1. The van der Waals surface area contributed by atoms with Crippen LogP contribution in [0.2, 0.25) is 0 Å². The number of carbonyl (C=O) groups excluding carboxylic acids is 1. The molecule has 1 aromatic heterocycles. The van der Waals surface area contributed by atoms with Gasteiger partial charge in [0.05, 0.1) is 30.5 Å². The summed E-state index contributed by atoms with van der Waals surface area (Å²) in [6.07, 6.45) is 0. The van der Waals surface area contributed by atoms with E-state index in [1.165, 1.54) is 0 Å². The van der Waals surface area contributed by atoms with Crippen LogP contribution < -0.4 is 10.6 Å². The number of nitrogens with zero attached hydrogens (tertiary/aromatic N) is 2. The molecule has 0 radical (unpaired) electrons. The molecule has 0 aliphatic carbocycles. The van der Waals surface area contributed by atoms with Crippen LogP contribution in [0.3, 0.4) is 0 Å². The van der Waals surface area contributed by atoms with Crippen LogP contribution in [-0.2, 0) is 11.3 Å². The number of nitrogens with one attached hydrogen (secondary N) is 2. The maximum Gasteiger partial charge on any atom is 0.315 e. The first-order valence-electron chi connectivity index (χ1n) is 7.80. The molecule has 0 aromatic carbocycles. The minimum atomic E-state index is -0.135. The third-order valence-electron chi connectivity index (χ3n) is 3.85. The minimum absolute atomic E-state index is 0.135. The largest absolute Gasteiger partial charge is 0.379 e. The Morgan fingerprint density at radius 1 is 1.41 bits per heavy atom. The van der Waals surface area contributed by atoms with Crippen molar-refractivity contribution in [2.45, 2.75) is 33.4 Å². The number of amides is 2. The summed E-state index contributed by atoms with van der Waals surface area (Å²) in [6.45, 7) is 10.9. The van der Waals surface area contributed by atoms with E-state index in [-0.39, 0.29) is 6.03 Å². The smallest absolute Gasteiger partial charge is 0.315 e. The van der Waals surface area contributed by atoms with Gasteiger partial charge in [0.2, 0.25) is 0 Å². The molecular formula is C15H26N4O2S. The summed E-state index contributed by atoms with van der Waals surface area (Å²) >= 11 is 1.60. The first-order chi connectivity index (χ1) is 10.6. The van der Waals surface area contributed by atoms with Crippen LogP contribution in [0, 0.1) is 12.8 Å². The van der Waals surface area contributed by atoms with Gasteiger partial charge in [-0.05, 0) is 12.8 Å². The monoisotopic (exact) mass is 326 g/mol. The maximum atomic E-state index is 11.9. The van der Waals surface area contributed by atoms with Crippen molar-refractivity contribution in [3.8, 4) is 0 Å². The summed E-state index contributed by atoms with van der Waals surface area (Å²) in [5, 5.41) is 8.83. The second-order valence-corrected chi connectivity index (χ2v) is 6.94. The average Bonchev–Trinajstić information content (AvgIpc) is 2.92. The third-order valence-corrected chi connectivity index (χ3v) is 4.67. The molecule has 0 unspecified atom stereocenters. The number of morpholine rings is 1. The van der Waals surface area contributed by atoms with Crippen molar-refractivity contribution < 1.29 is 9.53 Å². The number of carbonyl (C=O) groups is 1. The molecule has 2 amide bonds. The van der Waals surface area contributed by atoms with Gasteiger partial charge in [0.1, 0.15) is 0 Å². The van der Waals surface area contributed by atoms with E-state index >= 15 is 0 Å². The molecule has 1 atom stereocenters. The van der Waals surface area contributed by atoms with Crippen LogP contribution in [0.1, 0.15) is 24.5 Å². The quantitative estimate of drug-likeness (QED) is 0.833. The molecule has 2 N–H and O–H groups in total. The Morgan fingerprint density at radius 3 is 2.73 bits per heavy atom. The fourth-order valence-electron chi connectivity index (χ4n) is 2.62. The van der Waals surface area contributed by atoms with Crippen LogP contribution in [0.25, 0.3) is 0 Å². The first-order valence-corrected chi connectivity index (χ1v) is 8.68. The standard InChI is InChI=1S/C15H26N4O2S/c1-11(2)14(19-4-6-21-7-5-19)9-17-15(20)16-8-13-10-22-12(3)18-13/h10-11,14H,4-9H2,1-3H3,(H2,16,17,20)/t14-/m0/s1. The number of aryl methyl sites for hydroxylation is 1. The summed E-state index contributed by atoms with van der Waals surface area (Å²) < 4.78 is 5.40. The third kappa shape index (κ3) is 5.23. The van der Waals surface area contributed by atoms with Crippen LogP contribution in [0.4, 0.5) is 4.79 Å². The lowest BCUT2D eigenvalue weighted by atomic mass is 10.0. The number of thiazole rings is 1. The van der Waals surface area contributed by atoms with Crippen molar-refractivity contribution in [3.63, 3.8) is 0 Å². The molecule has 6 nitrogen and oxygen atoms in total. The summed E-state index contributed by atoms with van der Waals surface area (Å²) in [5.41, 5.74) is 0.909. The zero-order chi connectivity index (χ0) is 15.9. The highest BCUT2D eigenvalue weighted by Crippen LogP contribution is 2.12. The zero-order valence-corrected chi connectivity index (χ0v) is 14.4. The maximum absolute atomic E-state index is 11.9. The molecule has 1 aliphatic heterocycles. The van der Waals surface area contributed by atoms with Crippen LogP contribution in [0.5, 0.6) is 0 Å². The van der Waals surface area contributed by atoms with E-state index < -0.39 is 0 Å². The molecule has 7 heteroatoms. The fourth-order valence-corrected chi connectivity index (χ4v) is 3.23. The van der Waals surface area contributed by atoms with Gasteiger partial charge in [-0.25, -0.2) is 9.78 Å². The molecule has 0 saturated carbocycles. The van der Waals surface area contributed by atoms with E-state index in [4.69, 9.17) is 4.74 Å². The Balaban J connectivity index is 1.74. The van der Waals surface area contributed by atoms with E-state index in [2.05, 4.69) is 34.4 Å². The van der Waals surface area contributed by atoms with Gasteiger partial charge in [0, 0.05) is 31.1 Å². The molecule has 0 spiro atoms. The van der Waals surface area contributed by atoms with E-state index in [0.717, 1.165) is 37.0 Å². The van der Waals surface area contributed by atoms with E-state index in [1.54, 1.807) is 11.3 Å². The van der Waals surface area contributed by atoms with E-state index in [1.807, 2.05) is 12.3 Å². The highest BCUT2D eigenvalue weighted by atomic mass is 32.1. The van der Waals surface area contributed by atoms with Crippen molar-refractivity contribution >= 4 is 17.4 Å². The average molecular weight is 326 g/mol. The molecule has 0 bridgehead atoms. The lowest BCUT2D eigenvalue weighted by molar-refractivity contribution is 0.00719. The summed E-state index contributed by atoms with van der Waals surface area (Å²) in [7, 11) is 0. The number of rotatable bonds is 6. The first kappa shape index (κ1) is 17.2. The van der Waals surface area contributed by atoms with Crippen molar-refractivity contribution in [1.82, 2.24) is 20.5 Å². The summed E-state index contributed by atoms with van der Waals surface area (Å²) in [6, 6.07) is 0.209. The fraction of sp³-hybridized carbons (Fsp3) is 0.733. The molecule has 124 valence electrons. The van der Waals surface area contributed by atoms with Gasteiger partial charge in [-0.15, -0.1) is 11.3 Å². The zero-order valence-electron chi connectivity index (χ0n) is 13.6. The van der Waals surface area contributed by atoms with E-state index in [0.29, 0.717) is 25.0 Å². The van der Waals surface area contributed by atoms with Gasteiger partial charge in [-0.3, -0.25) is 4.90 Å². The highest BCUT2D eigenvalue weighted by Gasteiger charge is 2.24. The summed E-state index contributed by atoms with van der Waals surface area (Å²) in [4.78, 5) is 18.7. The topological polar surface area (TPSA) is 66.5 Å². The number of aromatic nitrogens is 1. The van der Waals surface area contributed by atoms with Crippen molar-refractivity contribution in [2.24, 2.45) is 5.92 Å². The van der Waals surface area contributed by atoms with Crippen molar-refractivity contribution in [1.29, 1.82) is 0 Å². The van der Waals surface area contributed by atoms with Gasteiger partial charge in [-0.2, -0.15) is 0 Å². The second kappa shape index (κ2) is 8.45. The van der Waals surface area contributed by atoms with E-state index in [9.17, 15) is 4.79 Å². The second-order valence-electron chi connectivity index (χ2n) is 5.88. The Labute approximate surface area is 136 Å². The molecule has 2 rings (SSSR count). The van der Waals surface area contributed by atoms with Gasteiger partial charge in [-0.1, -0.05) is 13.8 Å². The van der Waals surface area contributed by atoms with Crippen molar-refractivity contribution in [2.75, 3.05) is 32.8 Å². The summed E-state index contributed by atoms with van der Waals surface area (Å²) in [5.74, 6) is 0.486. The molecule has 22 heavy (non-hydrogen) atoms. The molecule has 1 aromatic rings. The highest BCUT2D eigenvalue weighted by molar-refractivity contribution is 7.09. The van der Waals surface area contributed by atoms with Gasteiger partial charge < -0.3 is 15.4 Å². The van der Waals surface area contributed by atoms with Crippen molar-refractivity contribution in [3.05, 3.63) is 16.1 Å².